The summed E-state index contributed by atoms with van der Waals surface area (Å²) in [6.45, 7) is 7.05. The monoisotopic (exact) mass is 400 g/mol. The highest BCUT2D eigenvalue weighted by Crippen LogP contribution is 2.17. The Bertz CT molecular complexity index is 703. The first-order valence-corrected chi connectivity index (χ1v) is 9.45. The Morgan fingerprint density at radius 3 is 1.38 bits per heavy atom. The Morgan fingerprint density at radius 1 is 0.724 bits per heavy atom. The van der Waals surface area contributed by atoms with Crippen molar-refractivity contribution >= 4 is 23.4 Å². The van der Waals surface area contributed by atoms with E-state index in [0.717, 1.165) is 10.1 Å². The number of nitrogens with zero attached hydrogens (tertiary/aromatic N) is 2. The first-order chi connectivity index (χ1) is 13.9. The number of carbonyl (C=O) groups excluding carboxylic acids is 2. The van der Waals surface area contributed by atoms with E-state index in [9.17, 15) is 9.59 Å². The molecule has 0 saturated heterocycles. The first kappa shape index (κ1) is 22.2. The Kier molecular flexibility index (Phi) is 8.45. The van der Waals surface area contributed by atoms with Gasteiger partial charge in [-0.25, -0.2) is 19.3 Å². The standard InChI is InChI=1S/C21H28N4O4/c1-16(2)22-20(26)24(18-11-7-5-8-12-18)28-15-29-25(21(27)23-17(3)4)19-13-9-6-10-14-19/h5-14,16-17H,15H2,1-4H3,(H,22,26)(H,23,27). The normalized spacial score (nSPS) is 10.7. The second-order valence-electron chi connectivity index (χ2n) is 6.84. The van der Waals surface area contributed by atoms with Crippen LogP contribution in [0.5, 0.6) is 0 Å². The second-order valence-corrected chi connectivity index (χ2v) is 6.84. The molecular weight excluding hydrogens is 372 g/mol. The zero-order valence-electron chi connectivity index (χ0n) is 17.2. The zero-order chi connectivity index (χ0) is 21.2. The molecule has 0 saturated carbocycles. The van der Waals surface area contributed by atoms with Gasteiger partial charge in [0.25, 0.3) is 0 Å². The lowest BCUT2D eigenvalue weighted by Crippen LogP contribution is -2.46. The van der Waals surface area contributed by atoms with Crippen molar-refractivity contribution in [2.24, 2.45) is 0 Å². The summed E-state index contributed by atoms with van der Waals surface area (Å²) in [5.74, 6) is 0. The SMILES string of the molecule is CC(C)NC(=O)N(OCON(C(=O)NC(C)C)c1ccccc1)c1ccccc1. The molecule has 0 unspecified atom stereocenters. The number of hydrogen-bond donors (Lipinski definition) is 2. The van der Waals surface area contributed by atoms with Crippen LogP contribution in [-0.2, 0) is 9.68 Å². The van der Waals surface area contributed by atoms with Crippen LogP contribution in [0.15, 0.2) is 60.7 Å². The van der Waals surface area contributed by atoms with Crippen molar-refractivity contribution in [1.82, 2.24) is 10.6 Å². The highest BCUT2D eigenvalue weighted by atomic mass is 16.8. The quantitative estimate of drug-likeness (QED) is 0.517. The van der Waals surface area contributed by atoms with E-state index < -0.39 is 12.1 Å². The van der Waals surface area contributed by atoms with E-state index in [-0.39, 0.29) is 18.9 Å². The fourth-order valence-electron chi connectivity index (χ4n) is 2.37. The molecular formula is C21H28N4O4. The highest BCUT2D eigenvalue weighted by molar-refractivity contribution is 5.90. The maximum atomic E-state index is 12.5. The molecule has 29 heavy (non-hydrogen) atoms. The molecule has 0 bridgehead atoms. The number of urea groups is 2. The van der Waals surface area contributed by atoms with Crippen LogP contribution >= 0.6 is 0 Å². The van der Waals surface area contributed by atoms with Crippen LogP contribution in [0.1, 0.15) is 27.7 Å². The van der Waals surface area contributed by atoms with Crippen LogP contribution in [0.2, 0.25) is 0 Å². The molecule has 0 radical (unpaired) electrons. The van der Waals surface area contributed by atoms with Crippen molar-refractivity contribution in [3.05, 3.63) is 60.7 Å². The summed E-state index contributed by atoms with van der Waals surface area (Å²) in [5, 5.41) is 7.75. The van der Waals surface area contributed by atoms with Crippen molar-refractivity contribution in [1.29, 1.82) is 0 Å². The van der Waals surface area contributed by atoms with Crippen LogP contribution in [-0.4, -0.2) is 30.9 Å². The molecule has 0 aromatic heterocycles. The maximum Gasteiger partial charge on any atom is 0.346 e. The van der Waals surface area contributed by atoms with Crippen LogP contribution in [0.3, 0.4) is 0 Å². The molecule has 0 atom stereocenters. The molecule has 2 rings (SSSR count). The Morgan fingerprint density at radius 2 is 1.07 bits per heavy atom. The average molecular weight is 400 g/mol. The molecule has 8 nitrogen and oxygen atoms in total. The molecule has 0 aliphatic rings. The second kappa shape index (κ2) is 11.0. The largest absolute Gasteiger partial charge is 0.346 e. The average Bonchev–Trinajstić information content (AvgIpc) is 2.68. The summed E-state index contributed by atoms with van der Waals surface area (Å²) >= 11 is 0. The van der Waals surface area contributed by atoms with E-state index in [0.29, 0.717) is 11.4 Å². The summed E-state index contributed by atoms with van der Waals surface area (Å²) in [6.07, 6.45) is 0. The fraction of sp³-hybridized carbons (Fsp3) is 0.333. The van der Waals surface area contributed by atoms with E-state index in [2.05, 4.69) is 10.6 Å². The summed E-state index contributed by atoms with van der Waals surface area (Å²) < 4.78 is 0. The Hall–Kier alpha value is -3.10. The molecule has 0 aliphatic carbocycles. The third kappa shape index (κ3) is 7.10. The van der Waals surface area contributed by atoms with Gasteiger partial charge in [0.2, 0.25) is 6.79 Å². The summed E-state index contributed by atoms with van der Waals surface area (Å²) in [7, 11) is 0. The van der Waals surface area contributed by atoms with Gasteiger partial charge in [-0.2, -0.15) is 10.1 Å². The number of carbonyl (C=O) groups is 2. The number of benzene rings is 2. The van der Waals surface area contributed by atoms with Gasteiger partial charge in [0.1, 0.15) is 0 Å². The number of hydroxylamine groups is 2. The Balaban J connectivity index is 2.11. The van der Waals surface area contributed by atoms with Gasteiger partial charge in [-0.3, -0.25) is 0 Å². The minimum absolute atomic E-state index is 0.0733. The van der Waals surface area contributed by atoms with Crippen LogP contribution < -0.4 is 20.8 Å². The molecule has 0 heterocycles. The van der Waals surface area contributed by atoms with Crippen LogP contribution in [0.4, 0.5) is 21.0 Å². The number of nitrogens with one attached hydrogen (secondary N) is 2. The van der Waals surface area contributed by atoms with Gasteiger partial charge in [-0.05, 0) is 52.0 Å². The predicted octanol–water partition coefficient (Wildman–Crippen LogP) is 4.06. The summed E-state index contributed by atoms with van der Waals surface area (Å²) in [4.78, 5) is 36.2. The molecule has 4 amide bonds. The molecule has 0 aliphatic heterocycles. The highest BCUT2D eigenvalue weighted by Gasteiger charge is 2.21. The van der Waals surface area contributed by atoms with E-state index in [1.165, 1.54) is 0 Å². The number of rotatable bonds is 8. The topological polar surface area (TPSA) is 83.1 Å². The number of para-hydroxylation sites is 2. The molecule has 2 N–H and O–H groups in total. The summed E-state index contributed by atoms with van der Waals surface area (Å²) in [5.41, 5.74) is 1.07. The minimum atomic E-state index is -0.437. The Labute approximate surface area is 171 Å². The van der Waals surface area contributed by atoms with E-state index in [1.54, 1.807) is 48.5 Å². The van der Waals surface area contributed by atoms with Crippen molar-refractivity contribution in [3.63, 3.8) is 0 Å². The first-order valence-electron chi connectivity index (χ1n) is 9.45. The number of anilines is 2. The van der Waals surface area contributed by atoms with Gasteiger partial charge in [-0.15, -0.1) is 0 Å². The number of amides is 4. The lowest BCUT2D eigenvalue weighted by molar-refractivity contribution is -0.0581. The van der Waals surface area contributed by atoms with Crippen LogP contribution in [0.25, 0.3) is 0 Å². The van der Waals surface area contributed by atoms with Crippen LogP contribution in [0, 0.1) is 0 Å². The molecule has 0 spiro atoms. The van der Waals surface area contributed by atoms with Gasteiger partial charge < -0.3 is 10.6 Å². The lowest BCUT2D eigenvalue weighted by Gasteiger charge is -2.26. The third-order valence-electron chi connectivity index (χ3n) is 3.54. The van der Waals surface area contributed by atoms with E-state index in [1.807, 2.05) is 39.8 Å². The van der Waals surface area contributed by atoms with Crippen molar-refractivity contribution in [2.45, 2.75) is 39.8 Å². The minimum Gasteiger partial charge on any atom is -0.334 e. The van der Waals surface area contributed by atoms with Crippen molar-refractivity contribution < 1.29 is 19.3 Å². The fourth-order valence-corrected chi connectivity index (χ4v) is 2.37. The van der Waals surface area contributed by atoms with Crippen molar-refractivity contribution in [2.75, 3.05) is 16.9 Å². The molecule has 0 fully saturated rings. The van der Waals surface area contributed by atoms with Gasteiger partial charge in [0.05, 0.1) is 11.4 Å². The van der Waals surface area contributed by atoms with E-state index in [4.69, 9.17) is 9.68 Å². The van der Waals surface area contributed by atoms with E-state index >= 15 is 0 Å². The molecule has 2 aromatic rings. The third-order valence-corrected chi connectivity index (χ3v) is 3.54. The molecule has 8 heteroatoms. The molecule has 2 aromatic carbocycles. The number of hydrogen-bond acceptors (Lipinski definition) is 4. The van der Waals surface area contributed by atoms with Crippen molar-refractivity contribution in [3.8, 4) is 0 Å². The van der Waals surface area contributed by atoms with Gasteiger partial charge in [0, 0.05) is 12.1 Å². The smallest absolute Gasteiger partial charge is 0.334 e. The van der Waals surface area contributed by atoms with Gasteiger partial charge in [0.15, 0.2) is 0 Å². The summed E-state index contributed by atoms with van der Waals surface area (Å²) in [6, 6.07) is 16.8. The predicted molar refractivity (Wildman–Crippen MR) is 112 cm³/mol. The maximum absolute atomic E-state index is 12.5. The van der Waals surface area contributed by atoms with Gasteiger partial charge in [-0.1, -0.05) is 36.4 Å². The molecule has 156 valence electrons. The zero-order valence-corrected chi connectivity index (χ0v) is 17.2. The lowest BCUT2D eigenvalue weighted by atomic mass is 10.3. The van der Waals surface area contributed by atoms with Gasteiger partial charge >= 0.3 is 12.1 Å².